The van der Waals surface area contributed by atoms with Gasteiger partial charge in [0, 0.05) is 23.8 Å². The van der Waals surface area contributed by atoms with Gasteiger partial charge in [-0.05, 0) is 66.4 Å². The molecule has 0 aliphatic carbocycles. The number of benzene rings is 3. The Bertz CT molecular complexity index is 1300. The third-order valence-electron chi connectivity index (χ3n) is 9.48. The molecule has 44 heavy (non-hydrogen) atoms. The molecule has 0 spiro atoms. The van der Waals surface area contributed by atoms with Crippen LogP contribution in [0.2, 0.25) is 5.04 Å². The summed E-state index contributed by atoms with van der Waals surface area (Å²) in [6.07, 6.45) is 8.49. The topological polar surface area (TPSA) is 47.6 Å². The standard InChI is InChI=1S/C39H53NO3Si/c1-7-18-33(30-43-44(38(3,4)5,35-22-13-9-14-23-35)36-24-15-10-16-25-36)39(6)28-17-21-34(40-39)27-26-31(2)37(41)42-29-32-19-11-8-12-20-32/h8-16,19-20,22-26,33-34,40H,7,17-18,21,27-30H2,1-6H3/b31-26+/t33?,34-,39+/m1/s1. The van der Waals surface area contributed by atoms with E-state index in [1.807, 2.05) is 37.3 Å². The van der Waals surface area contributed by atoms with E-state index in [4.69, 9.17) is 9.16 Å². The van der Waals surface area contributed by atoms with Crippen LogP contribution in [0.3, 0.4) is 0 Å². The van der Waals surface area contributed by atoms with Gasteiger partial charge in [-0.25, -0.2) is 4.79 Å². The minimum absolute atomic E-state index is 0.0418. The summed E-state index contributed by atoms with van der Waals surface area (Å²) < 4.78 is 13.0. The molecule has 0 amide bonds. The highest BCUT2D eigenvalue weighted by atomic mass is 28.4. The SMILES string of the molecule is CCCC(CO[Si](c1ccccc1)(c1ccccc1)C(C)(C)C)[C@]1(C)CCC[C@H](C/C=C(\C)C(=O)OCc2ccccc2)N1. The van der Waals surface area contributed by atoms with Crippen LogP contribution in [0.1, 0.15) is 85.6 Å². The van der Waals surface area contributed by atoms with Crippen LogP contribution in [-0.2, 0) is 20.6 Å². The quantitative estimate of drug-likeness (QED) is 0.121. The molecule has 1 aliphatic rings. The van der Waals surface area contributed by atoms with Crippen molar-refractivity contribution in [1.82, 2.24) is 5.32 Å². The summed E-state index contributed by atoms with van der Waals surface area (Å²) in [5.74, 6) is 0.132. The Kier molecular flexibility index (Phi) is 11.8. The van der Waals surface area contributed by atoms with Crippen molar-refractivity contribution in [2.75, 3.05) is 6.61 Å². The maximum atomic E-state index is 12.7. The Morgan fingerprint density at radius 1 is 0.977 bits per heavy atom. The van der Waals surface area contributed by atoms with Gasteiger partial charge in [-0.2, -0.15) is 0 Å². The third-order valence-corrected chi connectivity index (χ3v) is 14.5. The zero-order chi connectivity index (χ0) is 31.6. The zero-order valence-corrected chi connectivity index (χ0v) is 28.8. The molecule has 4 rings (SSSR count). The third kappa shape index (κ3) is 8.18. The molecule has 0 saturated carbocycles. The van der Waals surface area contributed by atoms with E-state index in [-0.39, 0.29) is 16.5 Å². The van der Waals surface area contributed by atoms with Crippen molar-refractivity contribution in [3.63, 3.8) is 0 Å². The van der Waals surface area contributed by atoms with E-state index < -0.39 is 8.32 Å². The monoisotopic (exact) mass is 611 g/mol. The molecule has 1 unspecified atom stereocenters. The fraction of sp³-hybridized carbons (Fsp3) is 0.462. The highest BCUT2D eigenvalue weighted by Crippen LogP contribution is 2.39. The van der Waals surface area contributed by atoms with Crippen molar-refractivity contribution in [3.05, 3.63) is 108 Å². The fourth-order valence-electron chi connectivity index (χ4n) is 6.99. The average Bonchev–Trinajstić information content (AvgIpc) is 3.03. The number of hydrogen-bond donors (Lipinski definition) is 1. The maximum Gasteiger partial charge on any atom is 0.333 e. The van der Waals surface area contributed by atoms with Crippen molar-refractivity contribution in [1.29, 1.82) is 0 Å². The Morgan fingerprint density at radius 3 is 2.09 bits per heavy atom. The average molecular weight is 612 g/mol. The maximum absolute atomic E-state index is 12.7. The summed E-state index contributed by atoms with van der Waals surface area (Å²) in [4.78, 5) is 12.7. The van der Waals surface area contributed by atoms with Crippen LogP contribution < -0.4 is 15.7 Å². The molecule has 0 aromatic heterocycles. The lowest BCUT2D eigenvalue weighted by Gasteiger charge is -2.48. The molecule has 3 aromatic carbocycles. The van der Waals surface area contributed by atoms with Crippen molar-refractivity contribution in [3.8, 4) is 0 Å². The molecule has 1 heterocycles. The number of piperidine rings is 1. The minimum atomic E-state index is -2.62. The van der Waals surface area contributed by atoms with Crippen LogP contribution >= 0.6 is 0 Å². The van der Waals surface area contributed by atoms with Crippen molar-refractivity contribution < 1.29 is 14.0 Å². The number of rotatable bonds is 13. The Labute approximate surface area is 267 Å². The molecule has 3 atom stereocenters. The smallest absolute Gasteiger partial charge is 0.333 e. The number of hydrogen-bond acceptors (Lipinski definition) is 4. The minimum Gasteiger partial charge on any atom is -0.457 e. The lowest BCUT2D eigenvalue weighted by Crippen LogP contribution is -2.67. The predicted octanol–water partition coefficient (Wildman–Crippen LogP) is 7.96. The van der Waals surface area contributed by atoms with Crippen molar-refractivity contribution in [2.45, 2.75) is 103 Å². The summed E-state index contributed by atoms with van der Waals surface area (Å²) >= 11 is 0. The number of carbonyl (C=O) groups excluding carboxylic acids is 1. The van der Waals surface area contributed by atoms with Crippen molar-refractivity contribution >= 4 is 24.7 Å². The second-order valence-electron chi connectivity index (χ2n) is 13.8. The first kappa shape index (κ1) is 33.9. The van der Waals surface area contributed by atoms with Gasteiger partial charge in [0.1, 0.15) is 6.61 Å². The summed E-state index contributed by atoms with van der Waals surface area (Å²) in [6.45, 7) is 14.6. The van der Waals surface area contributed by atoms with Crippen LogP contribution in [-0.4, -0.2) is 32.5 Å². The van der Waals surface area contributed by atoms with E-state index in [0.717, 1.165) is 44.3 Å². The Hall–Kier alpha value is -2.99. The molecule has 0 bridgehead atoms. The van der Waals surface area contributed by atoms with Gasteiger partial charge in [-0.15, -0.1) is 0 Å². The van der Waals surface area contributed by atoms with Crippen LogP contribution in [0, 0.1) is 5.92 Å². The van der Waals surface area contributed by atoms with E-state index >= 15 is 0 Å². The van der Waals surface area contributed by atoms with E-state index in [1.54, 1.807) is 0 Å². The Balaban J connectivity index is 1.50. The van der Waals surface area contributed by atoms with Gasteiger partial charge in [-0.1, -0.05) is 138 Å². The molecule has 1 fully saturated rings. The van der Waals surface area contributed by atoms with Gasteiger partial charge >= 0.3 is 5.97 Å². The number of ether oxygens (including phenoxy) is 1. The molecule has 0 radical (unpaired) electrons. The van der Waals surface area contributed by atoms with Crippen LogP contribution in [0.5, 0.6) is 0 Å². The first-order valence-corrected chi connectivity index (χ1v) is 18.4. The molecule has 5 heteroatoms. The molecule has 1 N–H and O–H groups in total. The van der Waals surface area contributed by atoms with E-state index in [9.17, 15) is 4.79 Å². The summed E-state index contributed by atoms with van der Waals surface area (Å²) in [6, 6.07) is 32.1. The number of carbonyl (C=O) groups is 1. The van der Waals surface area contributed by atoms with Gasteiger partial charge in [0.15, 0.2) is 0 Å². The van der Waals surface area contributed by atoms with Gasteiger partial charge in [0.2, 0.25) is 0 Å². The number of esters is 1. The lowest BCUT2D eigenvalue weighted by molar-refractivity contribution is -0.140. The fourth-order valence-corrected chi connectivity index (χ4v) is 11.6. The predicted molar refractivity (Wildman–Crippen MR) is 186 cm³/mol. The summed E-state index contributed by atoms with van der Waals surface area (Å²) in [5.41, 5.74) is 1.63. The van der Waals surface area contributed by atoms with Crippen LogP contribution in [0.15, 0.2) is 103 Å². The molecular weight excluding hydrogens is 559 g/mol. The lowest BCUT2D eigenvalue weighted by atomic mass is 9.75. The number of nitrogens with one attached hydrogen (secondary N) is 1. The summed E-state index contributed by atoms with van der Waals surface area (Å²) in [5, 5.41) is 6.67. The molecule has 1 aliphatic heterocycles. The highest BCUT2D eigenvalue weighted by Gasteiger charge is 2.51. The molecule has 3 aromatic rings. The van der Waals surface area contributed by atoms with E-state index in [1.165, 1.54) is 16.8 Å². The summed E-state index contributed by atoms with van der Waals surface area (Å²) in [7, 11) is -2.62. The molecular formula is C39H53NO3Si. The van der Waals surface area contributed by atoms with Crippen LogP contribution in [0.4, 0.5) is 0 Å². The van der Waals surface area contributed by atoms with Gasteiger partial charge < -0.3 is 14.5 Å². The van der Waals surface area contributed by atoms with E-state index in [2.05, 4.69) is 107 Å². The van der Waals surface area contributed by atoms with Gasteiger partial charge in [0.05, 0.1) is 0 Å². The first-order valence-electron chi connectivity index (χ1n) is 16.5. The normalized spacial score (nSPS) is 20.2. The second kappa shape index (κ2) is 15.3. The molecule has 4 nitrogen and oxygen atoms in total. The van der Waals surface area contributed by atoms with Crippen LogP contribution in [0.25, 0.3) is 0 Å². The highest BCUT2D eigenvalue weighted by molar-refractivity contribution is 6.99. The first-order chi connectivity index (χ1) is 21.1. The van der Waals surface area contributed by atoms with Gasteiger partial charge in [0.25, 0.3) is 8.32 Å². The van der Waals surface area contributed by atoms with Crippen molar-refractivity contribution in [2.24, 2.45) is 5.92 Å². The Morgan fingerprint density at radius 2 is 1.55 bits per heavy atom. The molecule has 1 saturated heterocycles. The van der Waals surface area contributed by atoms with E-state index in [0.29, 0.717) is 24.1 Å². The van der Waals surface area contributed by atoms with Gasteiger partial charge in [-0.3, -0.25) is 0 Å². The second-order valence-corrected chi connectivity index (χ2v) is 18.1. The largest absolute Gasteiger partial charge is 0.457 e. The zero-order valence-electron chi connectivity index (χ0n) is 27.8. The molecule has 236 valence electrons.